The zero-order valence-electron chi connectivity index (χ0n) is 11.1. The summed E-state index contributed by atoms with van der Waals surface area (Å²) in [5.41, 5.74) is 1.81. The van der Waals surface area contributed by atoms with Gasteiger partial charge in [0, 0.05) is 6.54 Å². The highest BCUT2D eigenvalue weighted by molar-refractivity contribution is 5.89. The number of nitrogens with zero attached hydrogens (tertiary/aromatic N) is 1. The summed E-state index contributed by atoms with van der Waals surface area (Å²) in [5, 5.41) is 0. The van der Waals surface area contributed by atoms with Gasteiger partial charge in [-0.3, -0.25) is 0 Å². The van der Waals surface area contributed by atoms with E-state index in [-0.39, 0.29) is 5.97 Å². The van der Waals surface area contributed by atoms with Crippen molar-refractivity contribution < 1.29 is 9.53 Å². The Morgan fingerprint density at radius 1 is 1.24 bits per heavy atom. The van der Waals surface area contributed by atoms with Crippen molar-refractivity contribution in [1.82, 2.24) is 4.90 Å². The highest BCUT2D eigenvalue weighted by atomic mass is 16.5. The molecule has 0 fully saturated rings. The van der Waals surface area contributed by atoms with E-state index in [1.54, 1.807) is 0 Å². The number of rotatable bonds is 5. The lowest BCUT2D eigenvalue weighted by molar-refractivity contribution is 0.0459. The number of esters is 1. The molecule has 0 bridgehead atoms. The molecule has 0 radical (unpaired) electrons. The predicted octanol–water partition coefficient (Wildman–Crippen LogP) is 2.56. The number of hydrogen-bond acceptors (Lipinski definition) is 3. The van der Waals surface area contributed by atoms with Gasteiger partial charge in [0.2, 0.25) is 0 Å². The summed E-state index contributed by atoms with van der Waals surface area (Å²) < 4.78 is 5.16. The highest BCUT2D eigenvalue weighted by Gasteiger charge is 2.07. The van der Waals surface area contributed by atoms with Crippen LogP contribution < -0.4 is 0 Å². The Morgan fingerprint density at radius 2 is 1.82 bits per heavy atom. The topological polar surface area (TPSA) is 29.5 Å². The van der Waals surface area contributed by atoms with E-state index < -0.39 is 0 Å². The van der Waals surface area contributed by atoms with Crippen LogP contribution in [0.3, 0.4) is 0 Å². The minimum Gasteiger partial charge on any atom is -0.462 e. The average molecular weight is 235 g/mol. The molecule has 0 amide bonds. The fourth-order valence-corrected chi connectivity index (χ4v) is 1.44. The number of hydrogen-bond donors (Lipinski definition) is 0. The molecule has 0 aliphatic rings. The standard InChI is InChI=1S/C14H21NO2/c1-11(2)10-17-14(16)13-7-5-12(6-8-13)9-15(3)4/h5-8,11H,9-10H2,1-4H3. The molecule has 1 rings (SSSR count). The second-order valence-electron chi connectivity index (χ2n) is 4.93. The smallest absolute Gasteiger partial charge is 0.338 e. The van der Waals surface area contributed by atoms with Gasteiger partial charge in [-0.25, -0.2) is 4.79 Å². The van der Waals surface area contributed by atoms with Crippen LogP contribution in [0.15, 0.2) is 24.3 Å². The summed E-state index contributed by atoms with van der Waals surface area (Å²) >= 11 is 0. The largest absolute Gasteiger partial charge is 0.462 e. The molecule has 1 aromatic carbocycles. The Morgan fingerprint density at radius 3 is 2.29 bits per heavy atom. The Balaban J connectivity index is 2.57. The third kappa shape index (κ3) is 5.00. The minimum absolute atomic E-state index is 0.241. The third-order valence-electron chi connectivity index (χ3n) is 2.24. The van der Waals surface area contributed by atoms with Crippen LogP contribution in [0, 0.1) is 5.92 Å². The normalized spacial score (nSPS) is 10.9. The van der Waals surface area contributed by atoms with E-state index >= 15 is 0 Å². The fourth-order valence-electron chi connectivity index (χ4n) is 1.44. The van der Waals surface area contributed by atoms with E-state index in [4.69, 9.17) is 4.74 Å². The molecule has 0 N–H and O–H groups in total. The lowest BCUT2D eigenvalue weighted by atomic mass is 10.1. The molecule has 0 aromatic heterocycles. The van der Waals surface area contributed by atoms with Gasteiger partial charge < -0.3 is 9.64 Å². The van der Waals surface area contributed by atoms with E-state index in [2.05, 4.69) is 4.90 Å². The molecule has 3 heteroatoms. The lowest BCUT2D eigenvalue weighted by Gasteiger charge is -2.10. The molecule has 94 valence electrons. The number of ether oxygens (including phenoxy) is 1. The van der Waals surface area contributed by atoms with Crippen molar-refractivity contribution in [1.29, 1.82) is 0 Å². The van der Waals surface area contributed by atoms with Crippen molar-refractivity contribution in [3.63, 3.8) is 0 Å². The average Bonchev–Trinajstić information content (AvgIpc) is 2.26. The third-order valence-corrected chi connectivity index (χ3v) is 2.24. The van der Waals surface area contributed by atoms with Gasteiger partial charge in [0.15, 0.2) is 0 Å². The second-order valence-corrected chi connectivity index (χ2v) is 4.93. The van der Waals surface area contributed by atoms with Crippen molar-refractivity contribution in [2.75, 3.05) is 20.7 Å². The van der Waals surface area contributed by atoms with Gasteiger partial charge in [0.1, 0.15) is 0 Å². The Bertz CT molecular complexity index is 355. The Hall–Kier alpha value is -1.35. The zero-order valence-corrected chi connectivity index (χ0v) is 11.1. The van der Waals surface area contributed by atoms with Crippen molar-refractivity contribution in [3.8, 4) is 0 Å². The molecule has 0 saturated carbocycles. The molecule has 0 saturated heterocycles. The molecule has 3 nitrogen and oxygen atoms in total. The maximum Gasteiger partial charge on any atom is 0.338 e. The van der Waals surface area contributed by atoms with Crippen LogP contribution in [0.1, 0.15) is 29.8 Å². The van der Waals surface area contributed by atoms with E-state index in [0.717, 1.165) is 6.54 Å². The van der Waals surface area contributed by atoms with E-state index in [0.29, 0.717) is 18.1 Å². The summed E-state index contributed by atoms with van der Waals surface area (Å²) in [6.07, 6.45) is 0. The molecule has 0 atom stereocenters. The highest BCUT2D eigenvalue weighted by Crippen LogP contribution is 2.08. The summed E-state index contributed by atoms with van der Waals surface area (Å²) in [5.74, 6) is 0.127. The molecule has 17 heavy (non-hydrogen) atoms. The van der Waals surface area contributed by atoms with Crippen LogP contribution >= 0.6 is 0 Å². The lowest BCUT2D eigenvalue weighted by Crippen LogP contribution is -2.12. The second kappa shape index (κ2) is 6.40. The van der Waals surface area contributed by atoms with Gasteiger partial charge in [-0.1, -0.05) is 26.0 Å². The van der Waals surface area contributed by atoms with Crippen molar-refractivity contribution in [2.45, 2.75) is 20.4 Å². The van der Waals surface area contributed by atoms with E-state index in [1.807, 2.05) is 52.2 Å². The van der Waals surface area contributed by atoms with Gasteiger partial charge in [-0.2, -0.15) is 0 Å². The van der Waals surface area contributed by atoms with Crippen LogP contribution in [0.5, 0.6) is 0 Å². The Labute approximate surface area is 103 Å². The van der Waals surface area contributed by atoms with Crippen LogP contribution in [-0.2, 0) is 11.3 Å². The van der Waals surface area contributed by atoms with Gasteiger partial charge >= 0.3 is 5.97 Å². The van der Waals surface area contributed by atoms with Crippen LogP contribution in [0.4, 0.5) is 0 Å². The maximum absolute atomic E-state index is 11.6. The molecule has 1 aromatic rings. The maximum atomic E-state index is 11.6. The van der Waals surface area contributed by atoms with E-state index in [9.17, 15) is 4.79 Å². The molecular formula is C14H21NO2. The van der Waals surface area contributed by atoms with Crippen molar-refractivity contribution in [2.24, 2.45) is 5.92 Å². The number of carbonyl (C=O) groups excluding carboxylic acids is 1. The van der Waals surface area contributed by atoms with Gasteiger partial charge in [0.05, 0.1) is 12.2 Å². The number of benzene rings is 1. The quantitative estimate of drug-likeness (QED) is 0.735. The van der Waals surface area contributed by atoms with Crippen molar-refractivity contribution in [3.05, 3.63) is 35.4 Å². The van der Waals surface area contributed by atoms with Gasteiger partial charge in [-0.15, -0.1) is 0 Å². The van der Waals surface area contributed by atoms with Crippen molar-refractivity contribution >= 4 is 5.97 Å². The first-order valence-electron chi connectivity index (χ1n) is 5.90. The molecule has 0 unspecified atom stereocenters. The molecule has 0 aliphatic carbocycles. The first-order valence-corrected chi connectivity index (χ1v) is 5.90. The number of carbonyl (C=O) groups is 1. The first kappa shape index (κ1) is 13.7. The minimum atomic E-state index is -0.241. The first-order chi connectivity index (χ1) is 7.99. The monoisotopic (exact) mass is 235 g/mol. The molecule has 0 heterocycles. The summed E-state index contributed by atoms with van der Waals surface area (Å²) in [7, 11) is 4.04. The van der Waals surface area contributed by atoms with Gasteiger partial charge in [0.25, 0.3) is 0 Å². The van der Waals surface area contributed by atoms with E-state index in [1.165, 1.54) is 5.56 Å². The summed E-state index contributed by atoms with van der Waals surface area (Å²) in [6.45, 7) is 5.39. The fraction of sp³-hybridized carbons (Fsp3) is 0.500. The SMILES string of the molecule is CC(C)COC(=O)c1ccc(CN(C)C)cc1. The van der Waals surface area contributed by atoms with Crippen LogP contribution in [0.25, 0.3) is 0 Å². The van der Waals surface area contributed by atoms with Crippen LogP contribution in [-0.4, -0.2) is 31.6 Å². The predicted molar refractivity (Wildman–Crippen MR) is 69.0 cm³/mol. The molecule has 0 aliphatic heterocycles. The Kier molecular flexibility index (Phi) is 5.16. The molecule has 0 spiro atoms. The summed E-state index contributed by atoms with van der Waals surface area (Å²) in [6, 6.07) is 7.57. The van der Waals surface area contributed by atoms with Gasteiger partial charge in [-0.05, 0) is 37.7 Å². The zero-order chi connectivity index (χ0) is 12.8. The summed E-state index contributed by atoms with van der Waals surface area (Å²) in [4.78, 5) is 13.7. The van der Waals surface area contributed by atoms with Crippen LogP contribution in [0.2, 0.25) is 0 Å². The molecular weight excluding hydrogens is 214 g/mol.